The van der Waals surface area contributed by atoms with Crippen molar-refractivity contribution in [2.24, 2.45) is 17.8 Å². The summed E-state index contributed by atoms with van der Waals surface area (Å²) >= 11 is 0. The molecule has 0 bridgehead atoms. The minimum absolute atomic E-state index is 0.0728. The van der Waals surface area contributed by atoms with E-state index in [1.165, 1.54) is 21.3 Å². The lowest BCUT2D eigenvalue weighted by atomic mass is 9.87. The van der Waals surface area contributed by atoms with Gasteiger partial charge >= 0.3 is 0 Å². The van der Waals surface area contributed by atoms with E-state index in [1.54, 1.807) is 13.0 Å². The number of hydrogen-bond acceptors (Lipinski definition) is 8. The third-order valence-corrected chi connectivity index (χ3v) is 8.58. The molecular weight excluding hydrogens is 454 g/mol. The van der Waals surface area contributed by atoms with E-state index in [-0.39, 0.29) is 68.1 Å². The fourth-order valence-electron chi connectivity index (χ4n) is 4.83. The maximum Gasteiger partial charge on any atom is 0.243 e. The molecule has 33 heavy (non-hydrogen) atoms. The van der Waals surface area contributed by atoms with Crippen molar-refractivity contribution in [3.8, 4) is 11.5 Å². The van der Waals surface area contributed by atoms with Crippen molar-refractivity contribution in [3.63, 3.8) is 0 Å². The Bertz CT molecular complexity index is 1050. The Labute approximate surface area is 191 Å². The number of fused-ring (bicyclic) bond motifs is 1. The average Bonchev–Trinajstić information content (AvgIpc) is 3.05. The molecule has 1 saturated carbocycles. The smallest absolute Gasteiger partial charge is 0.243 e. The minimum atomic E-state index is -3.77. The fraction of sp³-hybridized carbons (Fsp3) is 0.619. The third kappa shape index (κ3) is 4.81. The Morgan fingerprint density at radius 1 is 1.15 bits per heavy atom. The van der Waals surface area contributed by atoms with Gasteiger partial charge in [-0.2, -0.15) is 4.31 Å². The Balaban J connectivity index is 1.37. The molecule has 0 aromatic heterocycles. The van der Waals surface area contributed by atoms with Gasteiger partial charge in [-0.05, 0) is 18.1 Å². The lowest BCUT2D eigenvalue weighted by molar-refractivity contribution is -0.490. The number of benzene rings is 1. The summed E-state index contributed by atoms with van der Waals surface area (Å²) in [5.41, 5.74) is 0. The van der Waals surface area contributed by atoms with E-state index in [2.05, 4.69) is 0 Å². The lowest BCUT2D eigenvalue weighted by Gasteiger charge is -2.34. The van der Waals surface area contributed by atoms with Gasteiger partial charge in [0.25, 0.3) is 0 Å². The molecule has 0 spiro atoms. The highest BCUT2D eigenvalue weighted by atomic mass is 32.2. The van der Waals surface area contributed by atoms with E-state index >= 15 is 0 Å². The third-order valence-electron chi connectivity index (χ3n) is 6.68. The SMILES string of the molecule is CC1CC(=O)C(CC(=O)N2CCN(S(=O)(=O)c3ccc4c(c3)OCCO4)CC2)C1C[N+](=O)[O-]. The molecule has 3 aliphatic rings. The van der Waals surface area contributed by atoms with E-state index in [1.807, 2.05) is 0 Å². The van der Waals surface area contributed by atoms with Crippen molar-refractivity contribution in [3.05, 3.63) is 28.3 Å². The zero-order valence-corrected chi connectivity index (χ0v) is 19.2. The van der Waals surface area contributed by atoms with Crippen LogP contribution in [-0.4, -0.2) is 80.2 Å². The van der Waals surface area contributed by atoms with E-state index in [0.717, 1.165) is 0 Å². The Hall–Kier alpha value is -2.73. The van der Waals surface area contributed by atoms with Gasteiger partial charge in [0.05, 0.1) is 4.90 Å². The standard InChI is InChI=1S/C21H27N3O8S/c1-14-10-18(25)16(17(14)13-24(27)28)12-21(26)22-4-6-23(7-5-22)33(29,30)15-2-3-19-20(11-15)32-9-8-31-19/h2-3,11,14,16-17H,4-10,12-13H2,1H3. The van der Waals surface area contributed by atoms with Crippen LogP contribution in [0.4, 0.5) is 0 Å². The van der Waals surface area contributed by atoms with E-state index in [9.17, 15) is 28.1 Å². The molecule has 1 aromatic carbocycles. The lowest BCUT2D eigenvalue weighted by Crippen LogP contribution is -2.51. The van der Waals surface area contributed by atoms with Gasteiger partial charge in [0, 0.05) is 61.8 Å². The van der Waals surface area contributed by atoms with Gasteiger partial charge < -0.3 is 14.4 Å². The number of nitrogens with zero attached hydrogens (tertiary/aromatic N) is 3. The van der Waals surface area contributed by atoms with Crippen LogP contribution in [0.1, 0.15) is 19.8 Å². The molecule has 4 rings (SSSR count). The van der Waals surface area contributed by atoms with Crippen LogP contribution < -0.4 is 9.47 Å². The highest BCUT2D eigenvalue weighted by Crippen LogP contribution is 2.37. The van der Waals surface area contributed by atoms with E-state index < -0.39 is 26.8 Å². The molecule has 2 heterocycles. The first-order chi connectivity index (χ1) is 15.7. The fourth-order valence-corrected chi connectivity index (χ4v) is 6.27. The van der Waals surface area contributed by atoms with Crippen LogP contribution in [0.15, 0.2) is 23.1 Å². The molecule has 11 nitrogen and oxygen atoms in total. The summed E-state index contributed by atoms with van der Waals surface area (Å²) in [5, 5.41) is 11.0. The summed E-state index contributed by atoms with van der Waals surface area (Å²) in [6, 6.07) is 4.49. The largest absolute Gasteiger partial charge is 0.486 e. The Kier molecular flexibility index (Phi) is 6.57. The number of nitro groups is 1. The van der Waals surface area contributed by atoms with Crippen molar-refractivity contribution >= 4 is 21.7 Å². The van der Waals surface area contributed by atoms with Crippen molar-refractivity contribution in [1.29, 1.82) is 0 Å². The number of amides is 1. The number of ketones is 1. The predicted molar refractivity (Wildman–Crippen MR) is 115 cm³/mol. The quantitative estimate of drug-likeness (QED) is 0.430. The zero-order chi connectivity index (χ0) is 23.8. The normalized spacial score (nSPS) is 25.8. The first-order valence-corrected chi connectivity index (χ1v) is 12.4. The van der Waals surface area contributed by atoms with Crippen molar-refractivity contribution in [1.82, 2.24) is 9.21 Å². The molecule has 1 aromatic rings. The Morgan fingerprint density at radius 3 is 2.48 bits per heavy atom. The minimum Gasteiger partial charge on any atom is -0.486 e. The van der Waals surface area contributed by atoms with Crippen LogP contribution in [0.3, 0.4) is 0 Å². The number of Topliss-reactive ketones (excluding diaryl/α,β-unsaturated/α-hetero) is 1. The number of ether oxygens (including phenoxy) is 2. The van der Waals surface area contributed by atoms with Crippen LogP contribution in [0.5, 0.6) is 11.5 Å². The van der Waals surface area contributed by atoms with Crippen LogP contribution >= 0.6 is 0 Å². The number of piperazine rings is 1. The van der Waals surface area contributed by atoms with Gasteiger partial charge in [-0.25, -0.2) is 8.42 Å². The number of hydrogen-bond donors (Lipinski definition) is 0. The second kappa shape index (κ2) is 9.26. The molecule has 1 amide bonds. The molecule has 12 heteroatoms. The maximum atomic E-state index is 13.1. The van der Waals surface area contributed by atoms with Gasteiger partial charge in [-0.1, -0.05) is 6.92 Å². The zero-order valence-electron chi connectivity index (χ0n) is 18.3. The highest BCUT2D eigenvalue weighted by molar-refractivity contribution is 7.89. The topological polar surface area (TPSA) is 136 Å². The second-order valence-corrected chi connectivity index (χ2v) is 10.7. The second-order valence-electron chi connectivity index (χ2n) is 8.73. The van der Waals surface area contributed by atoms with Gasteiger partial charge in [0.15, 0.2) is 11.5 Å². The van der Waals surface area contributed by atoms with Gasteiger partial charge in [0.2, 0.25) is 22.5 Å². The summed E-state index contributed by atoms with van der Waals surface area (Å²) in [7, 11) is -3.77. The number of carbonyl (C=O) groups excluding carboxylic acids is 2. The average molecular weight is 482 g/mol. The Morgan fingerprint density at radius 2 is 1.82 bits per heavy atom. The molecule has 2 aliphatic heterocycles. The van der Waals surface area contributed by atoms with Crippen molar-refractivity contribution < 1.29 is 32.4 Å². The summed E-state index contributed by atoms with van der Waals surface area (Å²) in [6.07, 6.45) is 0.175. The molecule has 1 saturated heterocycles. The first kappa shape index (κ1) is 23.4. The van der Waals surface area contributed by atoms with Crippen LogP contribution in [0.25, 0.3) is 0 Å². The van der Waals surface area contributed by atoms with Gasteiger partial charge in [-0.3, -0.25) is 19.7 Å². The molecule has 0 radical (unpaired) electrons. The molecule has 3 atom stereocenters. The molecular formula is C21H27N3O8S. The number of sulfonamides is 1. The van der Waals surface area contributed by atoms with Gasteiger partial charge in [0.1, 0.15) is 19.0 Å². The molecule has 180 valence electrons. The van der Waals surface area contributed by atoms with E-state index in [0.29, 0.717) is 24.7 Å². The summed E-state index contributed by atoms with van der Waals surface area (Å²) in [6.45, 7) is 2.86. The van der Waals surface area contributed by atoms with Crippen LogP contribution in [0.2, 0.25) is 0 Å². The highest BCUT2D eigenvalue weighted by Gasteiger charge is 2.44. The predicted octanol–water partition coefficient (Wildman–Crippen LogP) is 0.799. The summed E-state index contributed by atoms with van der Waals surface area (Å²) in [4.78, 5) is 37.4. The van der Waals surface area contributed by atoms with Crippen molar-refractivity contribution in [2.45, 2.75) is 24.7 Å². The van der Waals surface area contributed by atoms with Gasteiger partial charge in [-0.15, -0.1) is 0 Å². The molecule has 3 unspecified atom stereocenters. The first-order valence-electron chi connectivity index (χ1n) is 11.0. The van der Waals surface area contributed by atoms with E-state index in [4.69, 9.17) is 9.47 Å². The van der Waals surface area contributed by atoms with Crippen LogP contribution in [-0.2, 0) is 19.6 Å². The molecule has 0 N–H and O–H groups in total. The maximum absolute atomic E-state index is 13.1. The number of carbonyl (C=O) groups is 2. The van der Waals surface area contributed by atoms with Crippen molar-refractivity contribution in [2.75, 3.05) is 45.9 Å². The monoisotopic (exact) mass is 481 g/mol. The molecule has 2 fully saturated rings. The summed E-state index contributed by atoms with van der Waals surface area (Å²) in [5.74, 6) is -0.730. The van der Waals surface area contributed by atoms with Crippen LogP contribution in [0, 0.1) is 27.9 Å². The number of rotatable bonds is 6. The molecule has 1 aliphatic carbocycles. The summed E-state index contributed by atoms with van der Waals surface area (Å²) < 4.78 is 38.4.